The maximum Gasteiger partial charge on any atom is 0.288 e. The summed E-state index contributed by atoms with van der Waals surface area (Å²) in [5.41, 5.74) is 1.29. The topological polar surface area (TPSA) is 79.4 Å². The summed E-state index contributed by atoms with van der Waals surface area (Å²) in [6.07, 6.45) is 1.34. The molecule has 0 unspecified atom stereocenters. The van der Waals surface area contributed by atoms with Crippen LogP contribution < -0.4 is 5.32 Å². The summed E-state index contributed by atoms with van der Waals surface area (Å²) in [5.74, 6) is -0.137. The van der Waals surface area contributed by atoms with Crippen molar-refractivity contribution in [3.63, 3.8) is 0 Å². The molecule has 1 fully saturated rings. The molecule has 1 aromatic carbocycles. The number of halogens is 1. The van der Waals surface area contributed by atoms with Crippen LogP contribution in [0, 0.1) is 0 Å². The summed E-state index contributed by atoms with van der Waals surface area (Å²) in [7, 11) is 0. The molecule has 0 spiro atoms. The first-order chi connectivity index (χ1) is 12.5. The monoisotopic (exact) mass is 409 g/mol. The minimum absolute atomic E-state index is 0.138. The number of hydrogen-bond donors (Lipinski definition) is 1. The normalized spacial score (nSPS) is 14.1. The zero-order valence-corrected chi connectivity index (χ0v) is 16.1. The standard InChI is InChI=1S/C17H16ClN3O3S2/c18-12-5-3-11(4-6-12)16-20-13(9-25-16)15(23)19-7-1-2-8-21-14(22)10-26-17(21)24/h3-6,9H,1-2,7-8,10H2,(H,19,23). The Hall–Kier alpha value is -1.90. The van der Waals surface area contributed by atoms with Crippen molar-refractivity contribution in [2.24, 2.45) is 0 Å². The average molecular weight is 410 g/mol. The smallest absolute Gasteiger partial charge is 0.288 e. The summed E-state index contributed by atoms with van der Waals surface area (Å²) in [5, 5.41) is 5.76. The highest BCUT2D eigenvalue weighted by molar-refractivity contribution is 8.14. The van der Waals surface area contributed by atoms with E-state index in [-0.39, 0.29) is 22.8 Å². The van der Waals surface area contributed by atoms with Crippen molar-refractivity contribution < 1.29 is 14.4 Å². The number of benzene rings is 1. The molecule has 3 rings (SSSR count). The van der Waals surface area contributed by atoms with Crippen LogP contribution in [0.4, 0.5) is 4.79 Å². The van der Waals surface area contributed by atoms with Crippen LogP contribution in [0.2, 0.25) is 5.02 Å². The zero-order valence-electron chi connectivity index (χ0n) is 13.7. The lowest BCUT2D eigenvalue weighted by Crippen LogP contribution is -2.30. The molecule has 1 aliphatic heterocycles. The number of nitrogens with one attached hydrogen (secondary N) is 1. The fourth-order valence-electron chi connectivity index (χ4n) is 2.39. The van der Waals surface area contributed by atoms with Crippen molar-refractivity contribution in [2.75, 3.05) is 18.8 Å². The van der Waals surface area contributed by atoms with Gasteiger partial charge in [-0.05, 0) is 25.0 Å². The SMILES string of the molecule is O=C(NCCCCN1C(=O)CSC1=O)c1csc(-c2ccc(Cl)cc2)n1. The first-order valence-electron chi connectivity index (χ1n) is 8.01. The minimum atomic E-state index is -0.231. The lowest BCUT2D eigenvalue weighted by Gasteiger charge is -2.12. The molecule has 6 nitrogen and oxygen atoms in total. The number of imide groups is 1. The molecule has 0 atom stereocenters. The number of carbonyl (C=O) groups is 3. The van der Waals surface area contributed by atoms with E-state index in [9.17, 15) is 14.4 Å². The van der Waals surface area contributed by atoms with Gasteiger partial charge in [0.25, 0.3) is 11.1 Å². The number of hydrogen-bond acceptors (Lipinski definition) is 6. The van der Waals surface area contributed by atoms with Crippen LogP contribution in [0.5, 0.6) is 0 Å². The van der Waals surface area contributed by atoms with E-state index in [1.54, 1.807) is 17.5 Å². The second-order valence-electron chi connectivity index (χ2n) is 5.61. The Morgan fingerprint density at radius 3 is 2.69 bits per heavy atom. The summed E-state index contributed by atoms with van der Waals surface area (Å²) in [6, 6.07) is 7.29. The van der Waals surface area contributed by atoms with E-state index in [1.807, 2.05) is 12.1 Å². The van der Waals surface area contributed by atoms with Crippen LogP contribution in [0.1, 0.15) is 23.3 Å². The largest absolute Gasteiger partial charge is 0.351 e. The van der Waals surface area contributed by atoms with Gasteiger partial charge in [-0.3, -0.25) is 19.3 Å². The van der Waals surface area contributed by atoms with Gasteiger partial charge in [-0.1, -0.05) is 35.5 Å². The van der Waals surface area contributed by atoms with E-state index < -0.39 is 0 Å². The number of carbonyl (C=O) groups excluding carboxylic acids is 3. The lowest BCUT2D eigenvalue weighted by molar-refractivity contribution is -0.124. The summed E-state index contributed by atoms with van der Waals surface area (Å²) in [4.78, 5) is 40.7. The Morgan fingerprint density at radius 2 is 2.00 bits per heavy atom. The lowest BCUT2D eigenvalue weighted by atomic mass is 10.2. The molecular weight excluding hydrogens is 394 g/mol. The van der Waals surface area contributed by atoms with E-state index >= 15 is 0 Å². The van der Waals surface area contributed by atoms with Crippen LogP contribution in [-0.4, -0.2) is 45.8 Å². The van der Waals surface area contributed by atoms with E-state index in [1.165, 1.54) is 16.2 Å². The molecule has 0 saturated carbocycles. The van der Waals surface area contributed by atoms with Crippen molar-refractivity contribution in [1.29, 1.82) is 0 Å². The third-order valence-corrected chi connectivity index (χ3v) is 5.76. The van der Waals surface area contributed by atoms with Crippen LogP contribution in [0.3, 0.4) is 0 Å². The van der Waals surface area contributed by atoms with Crippen molar-refractivity contribution in [3.05, 3.63) is 40.4 Å². The maximum atomic E-state index is 12.2. The minimum Gasteiger partial charge on any atom is -0.351 e. The van der Waals surface area contributed by atoms with Crippen molar-refractivity contribution >= 4 is 51.8 Å². The highest BCUT2D eigenvalue weighted by Gasteiger charge is 2.28. The highest BCUT2D eigenvalue weighted by Crippen LogP contribution is 2.25. The van der Waals surface area contributed by atoms with Gasteiger partial charge >= 0.3 is 0 Å². The Morgan fingerprint density at radius 1 is 1.23 bits per heavy atom. The molecule has 1 saturated heterocycles. The first kappa shape index (κ1) is 18.9. The molecule has 2 heterocycles. The Kier molecular flexibility index (Phi) is 6.29. The summed E-state index contributed by atoms with van der Waals surface area (Å²) in [6.45, 7) is 0.869. The van der Waals surface area contributed by atoms with Crippen LogP contribution >= 0.6 is 34.7 Å². The Balaban J connectivity index is 1.43. The second-order valence-corrected chi connectivity index (χ2v) is 7.83. The van der Waals surface area contributed by atoms with Crippen molar-refractivity contribution in [2.45, 2.75) is 12.8 Å². The molecule has 0 aliphatic carbocycles. The van der Waals surface area contributed by atoms with Gasteiger partial charge in [0.1, 0.15) is 10.7 Å². The van der Waals surface area contributed by atoms with Gasteiger partial charge < -0.3 is 5.32 Å². The fraction of sp³-hybridized carbons (Fsp3) is 0.294. The number of aromatic nitrogens is 1. The average Bonchev–Trinajstić information content (AvgIpc) is 3.24. The molecular formula is C17H16ClN3O3S2. The molecule has 26 heavy (non-hydrogen) atoms. The van der Waals surface area contributed by atoms with Gasteiger partial charge in [-0.25, -0.2) is 4.98 Å². The molecule has 1 aliphatic rings. The third-order valence-electron chi connectivity index (χ3n) is 3.76. The quantitative estimate of drug-likeness (QED) is 0.706. The molecule has 9 heteroatoms. The highest BCUT2D eigenvalue weighted by atomic mass is 35.5. The van der Waals surface area contributed by atoms with Crippen LogP contribution in [-0.2, 0) is 4.79 Å². The number of unbranched alkanes of at least 4 members (excludes halogenated alkanes) is 1. The number of thiazole rings is 1. The maximum absolute atomic E-state index is 12.2. The molecule has 3 amide bonds. The Bertz CT molecular complexity index is 807. The number of amides is 3. The number of rotatable bonds is 7. The summed E-state index contributed by atoms with van der Waals surface area (Å²) < 4.78 is 0. The fourth-order valence-corrected chi connectivity index (χ4v) is 4.07. The zero-order chi connectivity index (χ0) is 18.5. The van der Waals surface area contributed by atoms with Crippen molar-refractivity contribution in [3.8, 4) is 10.6 Å². The van der Waals surface area contributed by atoms with Gasteiger partial charge in [-0.2, -0.15) is 0 Å². The predicted molar refractivity (Wildman–Crippen MR) is 104 cm³/mol. The van der Waals surface area contributed by atoms with Gasteiger partial charge in [0.05, 0.1) is 5.75 Å². The van der Waals surface area contributed by atoms with E-state index in [0.717, 1.165) is 22.3 Å². The molecule has 1 N–H and O–H groups in total. The molecule has 0 bridgehead atoms. The number of nitrogens with zero attached hydrogens (tertiary/aromatic N) is 2. The van der Waals surface area contributed by atoms with Gasteiger partial charge in [0.15, 0.2) is 0 Å². The van der Waals surface area contributed by atoms with E-state index in [0.29, 0.717) is 36.6 Å². The van der Waals surface area contributed by atoms with Crippen LogP contribution in [0.25, 0.3) is 10.6 Å². The molecule has 0 radical (unpaired) electrons. The van der Waals surface area contributed by atoms with E-state index in [4.69, 9.17) is 11.6 Å². The molecule has 2 aromatic rings. The summed E-state index contributed by atoms with van der Waals surface area (Å²) >= 11 is 8.31. The second kappa shape index (κ2) is 8.66. The molecule has 136 valence electrons. The van der Waals surface area contributed by atoms with Gasteiger partial charge in [0, 0.05) is 29.1 Å². The van der Waals surface area contributed by atoms with E-state index in [2.05, 4.69) is 10.3 Å². The van der Waals surface area contributed by atoms with Crippen LogP contribution in [0.15, 0.2) is 29.6 Å². The Labute approximate surface area is 163 Å². The van der Waals surface area contributed by atoms with Gasteiger partial charge in [0.2, 0.25) is 5.91 Å². The van der Waals surface area contributed by atoms with Crippen molar-refractivity contribution in [1.82, 2.24) is 15.2 Å². The van der Waals surface area contributed by atoms with Gasteiger partial charge in [-0.15, -0.1) is 11.3 Å². The number of thioether (sulfide) groups is 1. The predicted octanol–water partition coefficient (Wildman–Crippen LogP) is 3.67. The molecule has 1 aromatic heterocycles. The third kappa shape index (κ3) is 4.63. The first-order valence-corrected chi connectivity index (χ1v) is 10.3.